The van der Waals surface area contributed by atoms with Crippen LogP contribution in [0.2, 0.25) is 5.02 Å². The molecule has 0 spiro atoms. The molecule has 0 aliphatic carbocycles. The summed E-state index contributed by atoms with van der Waals surface area (Å²) in [7, 11) is 2.01. The molecule has 1 aromatic carbocycles. The van der Waals surface area contributed by atoms with Gasteiger partial charge in [-0.25, -0.2) is 9.97 Å². The highest BCUT2D eigenvalue weighted by atomic mass is 35.5. The van der Waals surface area contributed by atoms with E-state index < -0.39 is 0 Å². The van der Waals surface area contributed by atoms with Gasteiger partial charge in [0.25, 0.3) is 0 Å². The number of hydrogen-bond acceptors (Lipinski definition) is 4. The molecule has 4 rings (SSSR count). The van der Waals surface area contributed by atoms with Gasteiger partial charge in [-0.3, -0.25) is 0 Å². The second-order valence-corrected chi connectivity index (χ2v) is 7.37. The minimum Gasteiger partial charge on any atom is -0.488 e. The molecule has 1 N–H and O–H groups in total. The lowest BCUT2D eigenvalue weighted by Gasteiger charge is -2.26. The van der Waals surface area contributed by atoms with Gasteiger partial charge in [0.05, 0.1) is 5.52 Å². The van der Waals surface area contributed by atoms with Gasteiger partial charge in [-0.05, 0) is 57.0 Å². The van der Waals surface area contributed by atoms with E-state index in [9.17, 15) is 0 Å². The monoisotopic (exact) mass is 406 g/mol. The molecule has 0 unspecified atom stereocenters. The van der Waals surface area contributed by atoms with Crippen LogP contribution in [0, 0.1) is 13.8 Å². The number of nitrogens with one attached hydrogen (secondary N) is 1. The van der Waals surface area contributed by atoms with Gasteiger partial charge in [-0.2, -0.15) is 0 Å². The number of nitrogens with zero attached hydrogens (tertiary/aromatic N) is 3. The van der Waals surface area contributed by atoms with Crippen LogP contribution < -0.4 is 10.1 Å². The molecule has 2 aromatic heterocycles. The van der Waals surface area contributed by atoms with Gasteiger partial charge in [0.15, 0.2) is 5.65 Å². The average Bonchev–Trinajstić information content (AvgIpc) is 2.92. The molecular weight excluding hydrogens is 383 g/mol. The Kier molecular flexibility index (Phi) is 5.94. The first kappa shape index (κ1) is 19.9. The fraction of sp³-hybridized carbons (Fsp3) is 0.400. The van der Waals surface area contributed by atoms with E-state index in [1.54, 1.807) is 6.20 Å². The van der Waals surface area contributed by atoms with E-state index in [0.29, 0.717) is 5.02 Å². The lowest BCUT2D eigenvalue weighted by Crippen LogP contribution is -2.37. The van der Waals surface area contributed by atoms with Gasteiger partial charge in [-0.15, -0.1) is 12.4 Å². The summed E-state index contributed by atoms with van der Waals surface area (Å²) in [6, 6.07) is 5.96. The summed E-state index contributed by atoms with van der Waals surface area (Å²) in [5.74, 6) is 1.83. The van der Waals surface area contributed by atoms with Crippen molar-refractivity contribution in [3.05, 3.63) is 40.8 Å². The summed E-state index contributed by atoms with van der Waals surface area (Å²) in [6.07, 6.45) is 4.16. The molecule has 0 saturated carbocycles. The molecule has 3 heterocycles. The molecule has 0 bridgehead atoms. The number of hydrogen-bond donors (Lipinski definition) is 1. The largest absolute Gasteiger partial charge is 0.488 e. The number of rotatable bonds is 3. The highest BCUT2D eigenvalue weighted by Crippen LogP contribution is 2.39. The Labute approximate surface area is 170 Å². The van der Waals surface area contributed by atoms with E-state index in [2.05, 4.69) is 19.9 Å². The fourth-order valence-corrected chi connectivity index (χ4v) is 3.91. The zero-order valence-electron chi connectivity index (χ0n) is 15.8. The van der Waals surface area contributed by atoms with Crippen molar-refractivity contribution in [1.29, 1.82) is 0 Å². The van der Waals surface area contributed by atoms with Crippen molar-refractivity contribution in [3.8, 4) is 16.9 Å². The first-order valence-electron chi connectivity index (χ1n) is 9.00. The highest BCUT2D eigenvalue weighted by Gasteiger charge is 2.21. The predicted molar refractivity (Wildman–Crippen MR) is 112 cm³/mol. The summed E-state index contributed by atoms with van der Waals surface area (Å²) in [4.78, 5) is 8.98. The number of benzene rings is 1. The van der Waals surface area contributed by atoms with E-state index in [-0.39, 0.29) is 18.5 Å². The van der Waals surface area contributed by atoms with Crippen molar-refractivity contribution in [1.82, 2.24) is 19.9 Å². The van der Waals surface area contributed by atoms with Crippen LogP contribution in [0.15, 0.2) is 24.4 Å². The normalized spacial score (nSPS) is 17.0. The van der Waals surface area contributed by atoms with E-state index >= 15 is 0 Å². The number of halogens is 2. The Morgan fingerprint density at radius 3 is 2.81 bits per heavy atom. The molecule has 3 aromatic rings. The minimum absolute atomic E-state index is 0. The van der Waals surface area contributed by atoms with Crippen LogP contribution >= 0.6 is 24.0 Å². The van der Waals surface area contributed by atoms with E-state index in [1.807, 2.05) is 39.1 Å². The molecule has 5 nitrogen and oxygen atoms in total. The number of pyridine rings is 1. The lowest BCUT2D eigenvalue weighted by molar-refractivity contribution is 0.167. The quantitative estimate of drug-likeness (QED) is 0.697. The first-order valence-corrected chi connectivity index (χ1v) is 9.38. The first-order chi connectivity index (χ1) is 12.5. The van der Waals surface area contributed by atoms with Crippen molar-refractivity contribution in [2.45, 2.75) is 32.8 Å². The van der Waals surface area contributed by atoms with Gasteiger partial charge in [0.1, 0.15) is 17.7 Å². The SMILES string of the molecule is Cc1cc(Cl)cc(-c2ccnc3nc(C)n(C)c23)c1O[C@H]1CCCNC1.Cl. The Morgan fingerprint density at radius 2 is 2.07 bits per heavy atom. The van der Waals surface area contributed by atoms with E-state index in [4.69, 9.17) is 16.3 Å². The van der Waals surface area contributed by atoms with Crippen LogP contribution in [-0.4, -0.2) is 33.7 Å². The Hall–Kier alpha value is -1.82. The smallest absolute Gasteiger partial charge is 0.178 e. The fourth-order valence-electron chi connectivity index (χ4n) is 3.64. The maximum Gasteiger partial charge on any atom is 0.178 e. The predicted octanol–water partition coefficient (Wildman–Crippen LogP) is 4.46. The summed E-state index contributed by atoms with van der Waals surface area (Å²) < 4.78 is 8.52. The average molecular weight is 407 g/mol. The number of ether oxygens (including phenoxy) is 1. The van der Waals surface area contributed by atoms with Crippen LogP contribution in [0.5, 0.6) is 5.75 Å². The maximum absolute atomic E-state index is 6.45. The van der Waals surface area contributed by atoms with Crippen LogP contribution in [0.3, 0.4) is 0 Å². The van der Waals surface area contributed by atoms with Crippen molar-refractivity contribution in [2.24, 2.45) is 7.05 Å². The van der Waals surface area contributed by atoms with Crippen LogP contribution in [0.25, 0.3) is 22.3 Å². The Morgan fingerprint density at radius 1 is 1.26 bits per heavy atom. The third-order valence-electron chi connectivity index (χ3n) is 5.06. The highest BCUT2D eigenvalue weighted by molar-refractivity contribution is 6.31. The molecule has 1 saturated heterocycles. The van der Waals surface area contributed by atoms with Gasteiger partial charge in [0.2, 0.25) is 0 Å². The summed E-state index contributed by atoms with van der Waals surface area (Å²) >= 11 is 6.40. The number of aromatic nitrogens is 3. The molecule has 0 radical (unpaired) electrons. The summed E-state index contributed by atoms with van der Waals surface area (Å²) in [5.41, 5.74) is 4.82. The number of fused-ring (bicyclic) bond motifs is 1. The van der Waals surface area contributed by atoms with Crippen molar-refractivity contribution >= 4 is 35.2 Å². The van der Waals surface area contributed by atoms with Gasteiger partial charge < -0.3 is 14.6 Å². The molecule has 0 amide bonds. The topological polar surface area (TPSA) is 52.0 Å². The molecule has 1 aliphatic rings. The minimum atomic E-state index is 0. The lowest BCUT2D eigenvalue weighted by atomic mass is 10.0. The molecule has 144 valence electrons. The number of piperidine rings is 1. The van der Waals surface area contributed by atoms with E-state index in [1.165, 1.54) is 0 Å². The molecular formula is C20H24Cl2N4O. The third-order valence-corrected chi connectivity index (χ3v) is 5.28. The van der Waals surface area contributed by atoms with Crippen LogP contribution in [0.4, 0.5) is 0 Å². The standard InChI is InChI=1S/C20H23ClN4O.ClH/c1-12-9-14(21)10-17(19(12)26-15-5-4-7-22-11-15)16-6-8-23-20-18(16)25(3)13(2)24-20;/h6,8-10,15,22H,4-5,7,11H2,1-3H3;1H/t15-;/m0./s1. The summed E-state index contributed by atoms with van der Waals surface area (Å²) in [6.45, 7) is 5.97. The second kappa shape index (κ2) is 8.05. The van der Waals surface area contributed by atoms with Crippen molar-refractivity contribution in [3.63, 3.8) is 0 Å². The van der Waals surface area contributed by atoms with Gasteiger partial charge in [0, 0.05) is 35.9 Å². The van der Waals surface area contributed by atoms with Gasteiger partial charge in [-0.1, -0.05) is 11.6 Å². The maximum atomic E-state index is 6.45. The zero-order valence-corrected chi connectivity index (χ0v) is 17.3. The molecule has 1 fully saturated rings. The zero-order chi connectivity index (χ0) is 18.3. The molecule has 1 aliphatic heterocycles. The van der Waals surface area contributed by atoms with E-state index in [0.717, 1.165) is 65.4 Å². The molecule has 7 heteroatoms. The summed E-state index contributed by atoms with van der Waals surface area (Å²) in [5, 5.41) is 4.12. The van der Waals surface area contributed by atoms with Crippen molar-refractivity contribution < 1.29 is 4.74 Å². The molecule has 1 atom stereocenters. The van der Waals surface area contributed by atoms with Crippen LogP contribution in [-0.2, 0) is 7.05 Å². The van der Waals surface area contributed by atoms with Gasteiger partial charge >= 0.3 is 0 Å². The number of aryl methyl sites for hydroxylation is 3. The number of imidazole rings is 1. The van der Waals surface area contributed by atoms with Crippen molar-refractivity contribution in [2.75, 3.05) is 13.1 Å². The Bertz CT molecular complexity index is 964. The third kappa shape index (κ3) is 3.77. The Balaban J connectivity index is 0.00000210. The second-order valence-electron chi connectivity index (χ2n) is 6.93. The molecule has 27 heavy (non-hydrogen) atoms. The van der Waals surface area contributed by atoms with Crippen LogP contribution in [0.1, 0.15) is 24.2 Å².